The number of aromatic hydroxyl groups is 1. The van der Waals surface area contributed by atoms with Crippen molar-refractivity contribution in [3.8, 4) is 5.75 Å². The van der Waals surface area contributed by atoms with Crippen LogP contribution in [0.2, 0.25) is 0 Å². The number of rotatable bonds is 4. The molecule has 18 heavy (non-hydrogen) atoms. The highest BCUT2D eigenvalue weighted by atomic mass is 16.3. The molecule has 94 valence electrons. The van der Waals surface area contributed by atoms with Crippen molar-refractivity contribution in [3.63, 3.8) is 0 Å². The molecule has 0 saturated carbocycles. The van der Waals surface area contributed by atoms with Crippen LogP contribution in [0, 0.1) is 0 Å². The van der Waals surface area contributed by atoms with Crippen molar-refractivity contribution in [2.45, 2.75) is 0 Å². The molecule has 0 spiro atoms. The number of benzene rings is 2. The molecule has 0 bridgehead atoms. The van der Waals surface area contributed by atoms with Gasteiger partial charge in [-0.1, -0.05) is 24.3 Å². The minimum absolute atomic E-state index is 0.131. The standard InChI is InChI=1S/C14H16N2O2/c1-15-8-9-16-14(18)11-6-2-4-10-5-3-7-12(17)13(10)11/h2-7,15,17H,8-9H2,1H3,(H,16,18). The van der Waals surface area contributed by atoms with Crippen molar-refractivity contribution >= 4 is 16.7 Å². The first-order valence-corrected chi connectivity index (χ1v) is 5.87. The summed E-state index contributed by atoms with van der Waals surface area (Å²) >= 11 is 0. The summed E-state index contributed by atoms with van der Waals surface area (Å²) in [6, 6.07) is 10.6. The van der Waals surface area contributed by atoms with Gasteiger partial charge in [-0.3, -0.25) is 4.79 Å². The smallest absolute Gasteiger partial charge is 0.252 e. The molecule has 0 unspecified atom stereocenters. The zero-order valence-electron chi connectivity index (χ0n) is 10.2. The lowest BCUT2D eigenvalue weighted by Crippen LogP contribution is -2.30. The van der Waals surface area contributed by atoms with Gasteiger partial charge in [-0.25, -0.2) is 0 Å². The van der Waals surface area contributed by atoms with Crippen molar-refractivity contribution < 1.29 is 9.90 Å². The fourth-order valence-corrected chi connectivity index (χ4v) is 1.91. The molecular weight excluding hydrogens is 228 g/mol. The Morgan fingerprint density at radius 1 is 1.17 bits per heavy atom. The van der Waals surface area contributed by atoms with Crippen molar-refractivity contribution in [3.05, 3.63) is 42.0 Å². The van der Waals surface area contributed by atoms with E-state index in [0.29, 0.717) is 24.0 Å². The fraction of sp³-hybridized carbons (Fsp3) is 0.214. The predicted octanol–water partition coefficient (Wildman–Crippen LogP) is 1.49. The minimum atomic E-state index is -0.169. The number of hydrogen-bond donors (Lipinski definition) is 3. The van der Waals surface area contributed by atoms with Crippen LogP contribution in [0.3, 0.4) is 0 Å². The summed E-state index contributed by atoms with van der Waals surface area (Å²) in [4.78, 5) is 12.0. The summed E-state index contributed by atoms with van der Waals surface area (Å²) in [6.45, 7) is 1.27. The van der Waals surface area contributed by atoms with Crippen LogP contribution in [0.4, 0.5) is 0 Å². The van der Waals surface area contributed by atoms with Gasteiger partial charge in [0.25, 0.3) is 5.91 Å². The molecule has 0 saturated heterocycles. The normalized spacial score (nSPS) is 10.5. The lowest BCUT2D eigenvalue weighted by atomic mass is 10.0. The third-order valence-electron chi connectivity index (χ3n) is 2.79. The Labute approximate surface area is 106 Å². The van der Waals surface area contributed by atoms with Crippen molar-refractivity contribution in [1.82, 2.24) is 10.6 Å². The number of amides is 1. The summed E-state index contributed by atoms with van der Waals surface area (Å²) in [7, 11) is 1.83. The third kappa shape index (κ3) is 2.43. The van der Waals surface area contributed by atoms with Gasteiger partial charge < -0.3 is 15.7 Å². The molecule has 4 heteroatoms. The largest absolute Gasteiger partial charge is 0.507 e. The summed E-state index contributed by atoms with van der Waals surface area (Å²) < 4.78 is 0. The average molecular weight is 244 g/mol. The van der Waals surface area contributed by atoms with Gasteiger partial charge >= 0.3 is 0 Å². The third-order valence-corrected chi connectivity index (χ3v) is 2.79. The van der Waals surface area contributed by atoms with E-state index in [1.54, 1.807) is 18.2 Å². The van der Waals surface area contributed by atoms with Crippen LogP contribution < -0.4 is 10.6 Å². The fourth-order valence-electron chi connectivity index (χ4n) is 1.91. The van der Waals surface area contributed by atoms with E-state index < -0.39 is 0 Å². The van der Waals surface area contributed by atoms with E-state index in [4.69, 9.17) is 0 Å². The van der Waals surface area contributed by atoms with Crippen molar-refractivity contribution in [1.29, 1.82) is 0 Å². The van der Waals surface area contributed by atoms with E-state index in [9.17, 15) is 9.90 Å². The number of phenols is 1. The Balaban J connectivity index is 2.35. The molecule has 1 amide bonds. The molecule has 0 aliphatic rings. The number of fused-ring (bicyclic) bond motifs is 1. The van der Waals surface area contributed by atoms with Crippen molar-refractivity contribution in [2.75, 3.05) is 20.1 Å². The summed E-state index contributed by atoms with van der Waals surface area (Å²) in [5.41, 5.74) is 0.502. The Hall–Kier alpha value is -2.07. The van der Waals surface area contributed by atoms with E-state index in [1.807, 2.05) is 25.2 Å². The predicted molar refractivity (Wildman–Crippen MR) is 71.9 cm³/mol. The summed E-state index contributed by atoms with van der Waals surface area (Å²) in [5, 5.41) is 17.1. The van der Waals surface area contributed by atoms with Gasteiger partial charge in [-0.05, 0) is 24.6 Å². The van der Waals surface area contributed by atoms with Gasteiger partial charge in [0.1, 0.15) is 5.75 Å². The molecule has 2 aromatic carbocycles. The summed E-state index contributed by atoms with van der Waals surface area (Å²) in [6.07, 6.45) is 0. The van der Waals surface area contributed by atoms with Crippen LogP contribution in [0.15, 0.2) is 36.4 Å². The number of hydrogen-bond acceptors (Lipinski definition) is 3. The van der Waals surface area contributed by atoms with Crippen molar-refractivity contribution in [2.24, 2.45) is 0 Å². The Bertz CT molecular complexity index is 561. The molecule has 0 radical (unpaired) electrons. The van der Waals surface area contributed by atoms with E-state index in [1.165, 1.54) is 0 Å². The van der Waals surface area contributed by atoms with Gasteiger partial charge in [-0.15, -0.1) is 0 Å². The molecule has 2 rings (SSSR count). The zero-order valence-corrected chi connectivity index (χ0v) is 10.2. The van der Waals surface area contributed by atoms with Crippen LogP contribution >= 0.6 is 0 Å². The quantitative estimate of drug-likeness (QED) is 0.714. The highest BCUT2D eigenvalue weighted by Gasteiger charge is 2.11. The average Bonchev–Trinajstić information content (AvgIpc) is 2.38. The maximum atomic E-state index is 12.0. The number of carbonyl (C=O) groups is 1. The van der Waals surface area contributed by atoms with Gasteiger partial charge in [0, 0.05) is 18.5 Å². The molecule has 3 N–H and O–H groups in total. The van der Waals surface area contributed by atoms with Crippen LogP contribution in [-0.4, -0.2) is 31.2 Å². The lowest BCUT2D eigenvalue weighted by Gasteiger charge is -2.09. The van der Waals surface area contributed by atoms with E-state index in [-0.39, 0.29) is 11.7 Å². The topological polar surface area (TPSA) is 61.4 Å². The van der Waals surface area contributed by atoms with Gasteiger partial charge in [0.15, 0.2) is 0 Å². The second-order valence-corrected chi connectivity index (χ2v) is 4.04. The highest BCUT2D eigenvalue weighted by Crippen LogP contribution is 2.27. The first-order valence-electron chi connectivity index (χ1n) is 5.87. The lowest BCUT2D eigenvalue weighted by molar-refractivity contribution is 0.0955. The molecular formula is C14H16N2O2. The molecule has 0 aliphatic heterocycles. The second-order valence-electron chi connectivity index (χ2n) is 4.04. The molecule has 0 aromatic heterocycles. The van der Waals surface area contributed by atoms with Crippen LogP contribution in [0.1, 0.15) is 10.4 Å². The first kappa shape index (κ1) is 12.4. The molecule has 4 nitrogen and oxygen atoms in total. The number of likely N-dealkylation sites (N-methyl/N-ethyl adjacent to an activating group) is 1. The van der Waals surface area contributed by atoms with E-state index in [0.717, 1.165) is 5.39 Å². The number of carbonyl (C=O) groups excluding carboxylic acids is 1. The van der Waals surface area contributed by atoms with Crippen LogP contribution in [0.25, 0.3) is 10.8 Å². The zero-order chi connectivity index (χ0) is 13.0. The molecule has 0 aliphatic carbocycles. The SMILES string of the molecule is CNCCNC(=O)c1cccc2cccc(O)c12. The van der Waals surface area contributed by atoms with Crippen LogP contribution in [-0.2, 0) is 0 Å². The molecule has 0 fully saturated rings. The van der Waals surface area contributed by atoms with Gasteiger partial charge in [-0.2, -0.15) is 0 Å². The monoisotopic (exact) mass is 244 g/mol. The van der Waals surface area contributed by atoms with E-state index in [2.05, 4.69) is 10.6 Å². The minimum Gasteiger partial charge on any atom is -0.507 e. The highest BCUT2D eigenvalue weighted by molar-refractivity contribution is 6.09. The maximum absolute atomic E-state index is 12.0. The Morgan fingerprint density at radius 3 is 2.61 bits per heavy atom. The summed E-state index contributed by atoms with van der Waals surface area (Å²) in [5.74, 6) is -0.0378. The first-order chi connectivity index (χ1) is 8.74. The van der Waals surface area contributed by atoms with Gasteiger partial charge in [0.2, 0.25) is 0 Å². The number of nitrogens with one attached hydrogen (secondary N) is 2. The maximum Gasteiger partial charge on any atom is 0.252 e. The Kier molecular flexibility index (Phi) is 3.79. The molecule has 0 heterocycles. The number of phenolic OH excluding ortho intramolecular Hbond substituents is 1. The second kappa shape index (κ2) is 5.51. The van der Waals surface area contributed by atoms with E-state index >= 15 is 0 Å². The van der Waals surface area contributed by atoms with Crippen LogP contribution in [0.5, 0.6) is 5.75 Å². The Morgan fingerprint density at radius 2 is 1.89 bits per heavy atom. The molecule has 2 aromatic rings. The van der Waals surface area contributed by atoms with Gasteiger partial charge in [0.05, 0.1) is 5.56 Å². The molecule has 0 atom stereocenters.